The molecule has 0 aliphatic carbocycles. The minimum Gasteiger partial charge on any atom is -0.319 e. The first-order valence-electron chi connectivity index (χ1n) is 8.10. The minimum absolute atomic E-state index is 0.436. The first-order valence-corrected chi connectivity index (χ1v) is 9.24. The van der Waals surface area contributed by atoms with Crippen molar-refractivity contribution in [2.45, 2.75) is 6.17 Å². The maximum absolute atomic E-state index is 12.8. The fourth-order valence-electron chi connectivity index (χ4n) is 2.98. The van der Waals surface area contributed by atoms with E-state index in [1.807, 2.05) is 30.3 Å². The quantitative estimate of drug-likeness (QED) is 0.472. The molecule has 0 saturated carbocycles. The van der Waals surface area contributed by atoms with Crippen molar-refractivity contribution in [3.8, 4) is 0 Å². The molecule has 0 N–H and O–H groups in total. The van der Waals surface area contributed by atoms with Crippen LogP contribution in [0.2, 0.25) is 15.1 Å². The summed E-state index contributed by atoms with van der Waals surface area (Å²) in [4.78, 5) is 19.9. The summed E-state index contributed by atoms with van der Waals surface area (Å²) in [5.41, 5.74) is 2.04. The standard InChI is InChI=1S/C20H13Cl3N2O2/c21-13-6-9-15(10-7-13)24-19(17-11-8-14(22)12-18(17)23)25(27-20(24)26)16-4-2-1-3-5-16/h1-12,19H. The van der Waals surface area contributed by atoms with E-state index in [1.54, 1.807) is 42.5 Å². The Labute approximate surface area is 171 Å². The molecule has 1 saturated heterocycles. The molecule has 4 rings (SSSR count). The van der Waals surface area contributed by atoms with E-state index in [9.17, 15) is 4.79 Å². The van der Waals surface area contributed by atoms with Crippen LogP contribution in [0.25, 0.3) is 0 Å². The fraction of sp³-hybridized carbons (Fsp3) is 0.0500. The van der Waals surface area contributed by atoms with Gasteiger partial charge in [-0.05, 0) is 48.5 Å². The van der Waals surface area contributed by atoms with Gasteiger partial charge in [0.05, 0.1) is 5.69 Å². The maximum atomic E-state index is 12.8. The van der Waals surface area contributed by atoms with Crippen molar-refractivity contribution in [1.82, 2.24) is 0 Å². The molecule has 136 valence electrons. The molecule has 0 aromatic heterocycles. The Morgan fingerprint density at radius 3 is 2.11 bits per heavy atom. The molecule has 0 bridgehead atoms. The smallest absolute Gasteiger partial charge is 0.319 e. The largest absolute Gasteiger partial charge is 0.440 e. The van der Waals surface area contributed by atoms with Crippen LogP contribution in [0.1, 0.15) is 11.7 Å². The van der Waals surface area contributed by atoms with E-state index in [4.69, 9.17) is 39.6 Å². The Balaban J connectivity index is 1.86. The average Bonchev–Trinajstić information content (AvgIpc) is 3.00. The van der Waals surface area contributed by atoms with Gasteiger partial charge in [-0.2, -0.15) is 5.06 Å². The van der Waals surface area contributed by atoms with Gasteiger partial charge in [-0.15, -0.1) is 0 Å². The van der Waals surface area contributed by atoms with Gasteiger partial charge in [0.25, 0.3) is 0 Å². The van der Waals surface area contributed by atoms with E-state index in [0.717, 1.165) is 5.69 Å². The summed E-state index contributed by atoms with van der Waals surface area (Å²) in [6, 6.07) is 21.5. The van der Waals surface area contributed by atoms with Crippen molar-refractivity contribution in [3.63, 3.8) is 0 Å². The Kier molecular flexibility index (Phi) is 4.87. The van der Waals surface area contributed by atoms with Gasteiger partial charge in [0.2, 0.25) is 0 Å². The highest BCUT2D eigenvalue weighted by atomic mass is 35.5. The third-order valence-electron chi connectivity index (χ3n) is 4.20. The van der Waals surface area contributed by atoms with Crippen LogP contribution >= 0.6 is 34.8 Å². The van der Waals surface area contributed by atoms with Gasteiger partial charge in [0, 0.05) is 26.3 Å². The number of rotatable bonds is 3. The number of carbonyl (C=O) groups is 1. The van der Waals surface area contributed by atoms with Crippen molar-refractivity contribution >= 4 is 52.3 Å². The molecule has 1 heterocycles. The normalized spacial score (nSPS) is 16.6. The molecule has 1 unspecified atom stereocenters. The van der Waals surface area contributed by atoms with Crippen LogP contribution in [0.15, 0.2) is 72.8 Å². The SMILES string of the molecule is O=C1ON(c2ccccc2)C(c2ccc(Cl)cc2Cl)N1c1ccc(Cl)cc1. The Bertz CT molecular complexity index is 980. The summed E-state index contributed by atoms with van der Waals surface area (Å²) in [6.07, 6.45) is -1.12. The van der Waals surface area contributed by atoms with Crippen molar-refractivity contribution in [1.29, 1.82) is 0 Å². The summed E-state index contributed by atoms with van der Waals surface area (Å²) in [7, 11) is 0. The first kappa shape index (κ1) is 18.0. The second-order valence-electron chi connectivity index (χ2n) is 5.90. The summed E-state index contributed by atoms with van der Waals surface area (Å²) < 4.78 is 0. The number of hydrogen-bond donors (Lipinski definition) is 0. The molecule has 1 aliphatic heterocycles. The van der Waals surface area contributed by atoms with E-state index >= 15 is 0 Å². The van der Waals surface area contributed by atoms with Crippen molar-refractivity contribution in [2.75, 3.05) is 9.96 Å². The molecule has 1 aliphatic rings. The monoisotopic (exact) mass is 418 g/mol. The molecule has 3 aromatic rings. The van der Waals surface area contributed by atoms with Crippen molar-refractivity contribution in [3.05, 3.63) is 93.4 Å². The van der Waals surface area contributed by atoms with Gasteiger partial charge in [0.15, 0.2) is 6.17 Å². The molecular weight excluding hydrogens is 407 g/mol. The average molecular weight is 420 g/mol. The zero-order chi connectivity index (χ0) is 19.0. The lowest BCUT2D eigenvalue weighted by Crippen LogP contribution is -2.32. The third kappa shape index (κ3) is 3.44. The van der Waals surface area contributed by atoms with E-state index in [1.165, 1.54) is 9.96 Å². The lowest BCUT2D eigenvalue weighted by molar-refractivity contribution is 0.164. The van der Waals surface area contributed by atoms with Gasteiger partial charge in [-0.3, -0.25) is 0 Å². The number of nitrogens with zero attached hydrogens (tertiary/aromatic N) is 2. The van der Waals surface area contributed by atoms with Crippen molar-refractivity contribution in [2.24, 2.45) is 0 Å². The van der Waals surface area contributed by atoms with Crippen LogP contribution in [0.3, 0.4) is 0 Å². The van der Waals surface area contributed by atoms with E-state index in [2.05, 4.69) is 0 Å². The summed E-state index contributed by atoms with van der Waals surface area (Å²) in [5.74, 6) is 0. The Hall–Kier alpha value is -2.40. The van der Waals surface area contributed by atoms with Crippen LogP contribution in [-0.4, -0.2) is 6.09 Å². The highest BCUT2D eigenvalue weighted by molar-refractivity contribution is 6.35. The molecule has 0 spiro atoms. The highest BCUT2D eigenvalue weighted by Gasteiger charge is 2.43. The molecule has 4 nitrogen and oxygen atoms in total. The van der Waals surface area contributed by atoms with Crippen LogP contribution in [0.4, 0.5) is 16.2 Å². The number of para-hydroxylation sites is 1. The van der Waals surface area contributed by atoms with Crippen LogP contribution in [0.5, 0.6) is 0 Å². The molecule has 0 radical (unpaired) electrons. The van der Waals surface area contributed by atoms with E-state index < -0.39 is 12.3 Å². The molecule has 7 heteroatoms. The number of anilines is 2. The number of halogens is 3. The molecule has 1 fully saturated rings. The topological polar surface area (TPSA) is 32.8 Å². The second kappa shape index (κ2) is 7.31. The van der Waals surface area contributed by atoms with Crippen LogP contribution in [-0.2, 0) is 4.84 Å². The first-order chi connectivity index (χ1) is 13.0. The van der Waals surface area contributed by atoms with E-state index in [-0.39, 0.29) is 0 Å². The number of amides is 1. The molecule has 1 atom stereocenters. The summed E-state index contributed by atoms with van der Waals surface area (Å²) in [6.45, 7) is 0. The van der Waals surface area contributed by atoms with Gasteiger partial charge in [0.1, 0.15) is 0 Å². The number of hydrogen-bond acceptors (Lipinski definition) is 3. The number of hydroxylamine groups is 1. The third-order valence-corrected chi connectivity index (χ3v) is 5.01. The van der Waals surface area contributed by atoms with Gasteiger partial charge >= 0.3 is 6.09 Å². The molecule has 3 aromatic carbocycles. The van der Waals surface area contributed by atoms with Gasteiger partial charge in [-0.1, -0.05) is 59.1 Å². The number of benzene rings is 3. The highest BCUT2D eigenvalue weighted by Crippen LogP contribution is 2.42. The predicted molar refractivity (Wildman–Crippen MR) is 109 cm³/mol. The van der Waals surface area contributed by atoms with Crippen molar-refractivity contribution < 1.29 is 9.63 Å². The predicted octanol–water partition coefficient (Wildman–Crippen LogP) is 6.72. The molecule has 1 amide bonds. The van der Waals surface area contributed by atoms with Gasteiger partial charge in [-0.25, -0.2) is 9.69 Å². The Morgan fingerprint density at radius 2 is 1.44 bits per heavy atom. The lowest BCUT2D eigenvalue weighted by atomic mass is 10.1. The zero-order valence-corrected chi connectivity index (χ0v) is 16.1. The number of carbonyl (C=O) groups excluding carboxylic acids is 1. The van der Waals surface area contributed by atoms with E-state index in [0.29, 0.717) is 26.3 Å². The molecular formula is C20H13Cl3N2O2. The lowest BCUT2D eigenvalue weighted by Gasteiger charge is -2.28. The molecule has 27 heavy (non-hydrogen) atoms. The zero-order valence-electron chi connectivity index (χ0n) is 13.9. The maximum Gasteiger partial charge on any atom is 0.440 e. The van der Waals surface area contributed by atoms with Gasteiger partial charge < -0.3 is 4.84 Å². The second-order valence-corrected chi connectivity index (χ2v) is 7.18. The fourth-order valence-corrected chi connectivity index (χ4v) is 3.61. The minimum atomic E-state index is -0.606. The summed E-state index contributed by atoms with van der Waals surface area (Å²) in [5, 5.41) is 3.06. The van der Waals surface area contributed by atoms with Crippen LogP contribution < -0.4 is 9.96 Å². The summed E-state index contributed by atoms with van der Waals surface area (Å²) >= 11 is 18.5. The van der Waals surface area contributed by atoms with Crippen LogP contribution in [0, 0.1) is 0 Å². The Morgan fingerprint density at radius 1 is 0.778 bits per heavy atom.